The molecule has 1 fully saturated rings. The number of nitrogens with one attached hydrogen (secondary N) is 1. The third-order valence-corrected chi connectivity index (χ3v) is 4.89. The van der Waals surface area contributed by atoms with Gasteiger partial charge in [0.2, 0.25) is 15.8 Å². The summed E-state index contributed by atoms with van der Waals surface area (Å²) < 4.78 is 40.0. The van der Waals surface area contributed by atoms with Gasteiger partial charge in [-0.05, 0) is 37.3 Å². The van der Waals surface area contributed by atoms with Gasteiger partial charge in [0.1, 0.15) is 0 Å². The fraction of sp³-hybridized carbons (Fsp3) is 0.500. The van der Waals surface area contributed by atoms with Crippen molar-refractivity contribution >= 4 is 15.7 Å². The lowest BCUT2D eigenvalue weighted by atomic mass is 9.83. The molecule has 0 saturated heterocycles. The van der Waals surface area contributed by atoms with Crippen LogP contribution in [0.4, 0.5) is 10.1 Å². The zero-order chi connectivity index (χ0) is 15.8. The fourth-order valence-electron chi connectivity index (χ4n) is 2.18. The van der Waals surface area contributed by atoms with Gasteiger partial charge in [0.25, 0.3) is 0 Å². The maximum absolute atomic E-state index is 13.6. The lowest BCUT2D eigenvalue weighted by Gasteiger charge is -2.31. The SMILES string of the molecule is Cc1cc(S(=O)(=O)NCC2CC(O)C2)cc([N+](=O)[O-])c1F. The maximum atomic E-state index is 13.6. The van der Waals surface area contributed by atoms with Crippen LogP contribution in [-0.4, -0.2) is 31.1 Å². The Hall–Kier alpha value is -1.58. The average molecular weight is 318 g/mol. The van der Waals surface area contributed by atoms with Crippen LogP contribution in [0, 0.1) is 28.8 Å². The molecule has 0 spiro atoms. The summed E-state index contributed by atoms with van der Waals surface area (Å²) in [4.78, 5) is 9.44. The van der Waals surface area contributed by atoms with Crippen LogP contribution in [0.1, 0.15) is 18.4 Å². The molecule has 0 aliphatic heterocycles. The molecule has 7 nitrogen and oxygen atoms in total. The third kappa shape index (κ3) is 3.36. The molecule has 1 aromatic rings. The van der Waals surface area contributed by atoms with Crippen LogP contribution in [-0.2, 0) is 10.0 Å². The quantitative estimate of drug-likeness (QED) is 0.624. The minimum Gasteiger partial charge on any atom is -0.393 e. The number of sulfonamides is 1. The molecule has 0 bridgehead atoms. The Labute approximate surface area is 121 Å². The highest BCUT2D eigenvalue weighted by atomic mass is 32.2. The molecule has 0 aromatic heterocycles. The predicted molar refractivity (Wildman–Crippen MR) is 71.7 cm³/mol. The van der Waals surface area contributed by atoms with Crippen LogP contribution in [0.3, 0.4) is 0 Å². The van der Waals surface area contributed by atoms with Gasteiger partial charge in [-0.15, -0.1) is 0 Å². The number of nitro benzene ring substituents is 1. The van der Waals surface area contributed by atoms with Crippen LogP contribution < -0.4 is 4.72 Å². The first kappa shape index (κ1) is 15.8. The van der Waals surface area contributed by atoms with E-state index >= 15 is 0 Å². The van der Waals surface area contributed by atoms with E-state index in [-0.39, 0.29) is 22.9 Å². The summed E-state index contributed by atoms with van der Waals surface area (Å²) >= 11 is 0. The number of aliphatic hydroxyl groups excluding tert-OH is 1. The van der Waals surface area contributed by atoms with Crippen LogP contribution in [0.5, 0.6) is 0 Å². The second kappa shape index (κ2) is 5.66. The molecule has 116 valence electrons. The van der Waals surface area contributed by atoms with Crippen molar-refractivity contribution in [2.45, 2.75) is 30.8 Å². The fourth-order valence-corrected chi connectivity index (χ4v) is 3.41. The van der Waals surface area contributed by atoms with Crippen molar-refractivity contribution in [1.29, 1.82) is 0 Å². The van der Waals surface area contributed by atoms with Crippen molar-refractivity contribution in [2.75, 3.05) is 6.54 Å². The van der Waals surface area contributed by atoms with Gasteiger partial charge in [-0.3, -0.25) is 10.1 Å². The van der Waals surface area contributed by atoms with E-state index in [0.29, 0.717) is 18.9 Å². The van der Waals surface area contributed by atoms with Crippen molar-refractivity contribution < 1.29 is 22.8 Å². The summed E-state index contributed by atoms with van der Waals surface area (Å²) in [7, 11) is -3.95. The Balaban J connectivity index is 2.21. The molecular weight excluding hydrogens is 303 g/mol. The van der Waals surface area contributed by atoms with E-state index in [9.17, 15) is 22.9 Å². The molecule has 0 unspecified atom stereocenters. The summed E-state index contributed by atoms with van der Waals surface area (Å²) in [6, 6.07) is 1.76. The second-order valence-corrected chi connectivity index (χ2v) is 6.94. The predicted octanol–water partition coefficient (Wildman–Crippen LogP) is 1.09. The molecule has 1 aliphatic carbocycles. The van der Waals surface area contributed by atoms with Gasteiger partial charge >= 0.3 is 5.69 Å². The summed E-state index contributed by atoms with van der Waals surface area (Å²) in [5.41, 5.74) is -0.974. The summed E-state index contributed by atoms with van der Waals surface area (Å²) in [6.45, 7) is 1.41. The van der Waals surface area contributed by atoms with E-state index in [4.69, 9.17) is 5.11 Å². The number of nitro groups is 1. The highest BCUT2D eigenvalue weighted by Gasteiger charge is 2.29. The molecule has 1 aromatic carbocycles. The van der Waals surface area contributed by atoms with Gasteiger partial charge < -0.3 is 5.11 Å². The van der Waals surface area contributed by atoms with E-state index in [2.05, 4.69) is 4.72 Å². The molecule has 0 heterocycles. The maximum Gasteiger partial charge on any atom is 0.306 e. The van der Waals surface area contributed by atoms with Gasteiger partial charge in [0.05, 0.1) is 15.9 Å². The number of hydrogen-bond acceptors (Lipinski definition) is 5. The van der Waals surface area contributed by atoms with Crippen molar-refractivity contribution in [3.63, 3.8) is 0 Å². The number of nitrogens with zero attached hydrogens (tertiary/aromatic N) is 1. The molecule has 0 radical (unpaired) electrons. The molecule has 2 rings (SSSR count). The molecule has 1 saturated carbocycles. The Kier molecular flexibility index (Phi) is 4.26. The monoisotopic (exact) mass is 318 g/mol. The minimum absolute atomic E-state index is 0.0475. The average Bonchev–Trinajstić information content (AvgIpc) is 2.35. The van der Waals surface area contributed by atoms with E-state index < -0.39 is 32.6 Å². The highest BCUT2D eigenvalue weighted by molar-refractivity contribution is 7.89. The molecule has 2 N–H and O–H groups in total. The smallest absolute Gasteiger partial charge is 0.306 e. The first-order valence-corrected chi connectivity index (χ1v) is 7.81. The van der Waals surface area contributed by atoms with Crippen molar-refractivity contribution in [1.82, 2.24) is 4.72 Å². The van der Waals surface area contributed by atoms with Crippen LogP contribution >= 0.6 is 0 Å². The Morgan fingerprint density at radius 2 is 2.10 bits per heavy atom. The molecular formula is C12H15FN2O5S. The third-order valence-electron chi connectivity index (χ3n) is 3.49. The minimum atomic E-state index is -3.95. The van der Waals surface area contributed by atoms with Crippen molar-refractivity contribution in [3.05, 3.63) is 33.6 Å². The number of halogens is 1. The normalized spacial score (nSPS) is 21.9. The standard InChI is InChI=1S/C12H15FN2O5S/c1-7-2-10(5-11(12(7)13)15(17)18)21(19,20)14-6-8-3-9(16)4-8/h2,5,8-9,14,16H,3-4,6H2,1H3. The topological polar surface area (TPSA) is 110 Å². The summed E-state index contributed by atoms with van der Waals surface area (Å²) in [6.07, 6.45) is 0.643. The van der Waals surface area contributed by atoms with Gasteiger partial charge in [0, 0.05) is 12.6 Å². The number of aryl methyl sites for hydroxylation is 1. The Bertz CT molecular complexity index is 670. The first-order valence-electron chi connectivity index (χ1n) is 6.33. The van der Waals surface area contributed by atoms with E-state index in [1.165, 1.54) is 6.92 Å². The first-order chi connectivity index (χ1) is 9.70. The summed E-state index contributed by atoms with van der Waals surface area (Å²) in [5, 5.41) is 19.9. The van der Waals surface area contributed by atoms with Gasteiger partial charge in [-0.2, -0.15) is 4.39 Å². The number of rotatable bonds is 5. The van der Waals surface area contributed by atoms with E-state index in [0.717, 1.165) is 6.07 Å². The molecule has 9 heteroatoms. The second-order valence-electron chi connectivity index (χ2n) is 5.17. The number of aliphatic hydroxyl groups is 1. The van der Waals surface area contributed by atoms with Crippen LogP contribution in [0.25, 0.3) is 0 Å². The summed E-state index contributed by atoms with van der Waals surface area (Å²) in [5.74, 6) is -0.993. The largest absolute Gasteiger partial charge is 0.393 e. The molecule has 0 atom stereocenters. The van der Waals surface area contributed by atoms with Gasteiger partial charge in [-0.1, -0.05) is 0 Å². The van der Waals surface area contributed by atoms with Crippen LogP contribution in [0.2, 0.25) is 0 Å². The van der Waals surface area contributed by atoms with Gasteiger partial charge in [-0.25, -0.2) is 13.1 Å². The Morgan fingerprint density at radius 3 is 2.62 bits per heavy atom. The van der Waals surface area contributed by atoms with Crippen molar-refractivity contribution in [2.24, 2.45) is 5.92 Å². The Morgan fingerprint density at radius 1 is 1.48 bits per heavy atom. The molecule has 0 amide bonds. The van der Waals surface area contributed by atoms with Crippen LogP contribution in [0.15, 0.2) is 17.0 Å². The molecule has 21 heavy (non-hydrogen) atoms. The van der Waals surface area contributed by atoms with Gasteiger partial charge in [0.15, 0.2) is 0 Å². The zero-order valence-electron chi connectivity index (χ0n) is 11.2. The molecule has 1 aliphatic rings. The number of benzene rings is 1. The highest BCUT2D eigenvalue weighted by Crippen LogP contribution is 2.28. The zero-order valence-corrected chi connectivity index (χ0v) is 12.1. The number of hydrogen-bond donors (Lipinski definition) is 2. The van der Waals surface area contributed by atoms with E-state index in [1.54, 1.807) is 0 Å². The van der Waals surface area contributed by atoms with Crippen molar-refractivity contribution in [3.8, 4) is 0 Å². The van der Waals surface area contributed by atoms with E-state index in [1.807, 2.05) is 0 Å². The lowest BCUT2D eigenvalue weighted by Crippen LogP contribution is -2.38. The lowest BCUT2D eigenvalue weighted by molar-refractivity contribution is -0.387.